The van der Waals surface area contributed by atoms with E-state index in [4.69, 9.17) is 17.3 Å². The number of para-hydroxylation sites is 1. The van der Waals surface area contributed by atoms with Crippen molar-refractivity contribution in [2.24, 2.45) is 11.7 Å². The summed E-state index contributed by atoms with van der Waals surface area (Å²) in [6.07, 6.45) is 5.03. The number of amides is 2. The second kappa shape index (κ2) is 7.53. The SMILES string of the molecule is NC1CCCC(C(=O)NC2CCCN(c3ccccc3Cl)C2=O)C1. The third-order valence-electron chi connectivity index (χ3n) is 4.98. The van der Waals surface area contributed by atoms with Crippen LogP contribution in [0.2, 0.25) is 5.02 Å². The molecule has 2 aliphatic rings. The fraction of sp³-hybridized carbons (Fsp3) is 0.556. The predicted octanol–water partition coefficient (Wildman–Crippen LogP) is 2.47. The van der Waals surface area contributed by atoms with Gasteiger partial charge in [0.25, 0.3) is 0 Å². The van der Waals surface area contributed by atoms with Crippen molar-refractivity contribution in [3.63, 3.8) is 0 Å². The zero-order chi connectivity index (χ0) is 17.1. The molecular formula is C18H24ClN3O2. The minimum Gasteiger partial charge on any atom is -0.344 e. The van der Waals surface area contributed by atoms with Gasteiger partial charge in [0, 0.05) is 18.5 Å². The lowest BCUT2D eigenvalue weighted by Gasteiger charge is -2.34. The summed E-state index contributed by atoms with van der Waals surface area (Å²) in [5.74, 6) is -0.190. The molecule has 0 radical (unpaired) electrons. The molecule has 2 fully saturated rings. The van der Waals surface area contributed by atoms with E-state index in [1.807, 2.05) is 18.2 Å². The van der Waals surface area contributed by atoms with E-state index in [0.29, 0.717) is 30.1 Å². The molecule has 1 aromatic carbocycles. The van der Waals surface area contributed by atoms with Crippen LogP contribution in [0.5, 0.6) is 0 Å². The van der Waals surface area contributed by atoms with E-state index in [2.05, 4.69) is 5.32 Å². The molecule has 1 saturated heterocycles. The van der Waals surface area contributed by atoms with Crippen molar-refractivity contribution in [3.8, 4) is 0 Å². The van der Waals surface area contributed by atoms with Crippen LogP contribution in [0.15, 0.2) is 24.3 Å². The highest BCUT2D eigenvalue weighted by Gasteiger charge is 2.34. The van der Waals surface area contributed by atoms with Crippen LogP contribution < -0.4 is 16.0 Å². The first-order valence-electron chi connectivity index (χ1n) is 8.68. The number of carbonyl (C=O) groups is 2. The van der Waals surface area contributed by atoms with E-state index in [1.165, 1.54) is 0 Å². The zero-order valence-electron chi connectivity index (χ0n) is 13.7. The highest BCUT2D eigenvalue weighted by atomic mass is 35.5. The number of nitrogens with two attached hydrogens (primary N) is 1. The van der Waals surface area contributed by atoms with Crippen molar-refractivity contribution in [3.05, 3.63) is 29.3 Å². The Hall–Kier alpha value is -1.59. The van der Waals surface area contributed by atoms with E-state index in [-0.39, 0.29) is 23.8 Å². The first-order chi connectivity index (χ1) is 11.6. The zero-order valence-corrected chi connectivity index (χ0v) is 14.5. The molecule has 1 aromatic rings. The fourth-order valence-corrected chi connectivity index (χ4v) is 3.91. The number of hydrogen-bond acceptors (Lipinski definition) is 3. The number of carbonyl (C=O) groups excluding carboxylic acids is 2. The summed E-state index contributed by atoms with van der Waals surface area (Å²) in [7, 11) is 0. The van der Waals surface area contributed by atoms with Gasteiger partial charge in [0.2, 0.25) is 11.8 Å². The van der Waals surface area contributed by atoms with Gasteiger partial charge < -0.3 is 16.0 Å². The lowest BCUT2D eigenvalue weighted by atomic mass is 9.85. The Labute approximate surface area is 147 Å². The van der Waals surface area contributed by atoms with Crippen LogP contribution in [0.1, 0.15) is 38.5 Å². The summed E-state index contributed by atoms with van der Waals surface area (Å²) in [5, 5.41) is 3.50. The van der Waals surface area contributed by atoms with Crippen LogP contribution in [-0.4, -0.2) is 30.4 Å². The fourth-order valence-electron chi connectivity index (χ4n) is 3.67. The Kier molecular flexibility index (Phi) is 5.41. The maximum atomic E-state index is 12.8. The molecule has 6 heteroatoms. The van der Waals surface area contributed by atoms with Gasteiger partial charge >= 0.3 is 0 Å². The molecule has 0 spiro atoms. The first kappa shape index (κ1) is 17.2. The molecule has 5 nitrogen and oxygen atoms in total. The largest absolute Gasteiger partial charge is 0.344 e. The molecule has 1 aliphatic heterocycles. The Morgan fingerprint density at radius 1 is 1.21 bits per heavy atom. The quantitative estimate of drug-likeness (QED) is 0.880. The van der Waals surface area contributed by atoms with Crippen LogP contribution in [0.25, 0.3) is 0 Å². The molecule has 3 N–H and O–H groups in total. The molecule has 3 rings (SSSR count). The Morgan fingerprint density at radius 2 is 2.00 bits per heavy atom. The van der Waals surface area contributed by atoms with E-state index in [1.54, 1.807) is 11.0 Å². The highest BCUT2D eigenvalue weighted by Crippen LogP contribution is 2.29. The maximum Gasteiger partial charge on any atom is 0.249 e. The highest BCUT2D eigenvalue weighted by molar-refractivity contribution is 6.33. The van der Waals surface area contributed by atoms with Crippen molar-refractivity contribution in [2.75, 3.05) is 11.4 Å². The normalized spacial score (nSPS) is 27.8. The summed E-state index contributed by atoms with van der Waals surface area (Å²) < 4.78 is 0. The molecular weight excluding hydrogens is 326 g/mol. The Balaban J connectivity index is 1.67. The molecule has 3 atom stereocenters. The van der Waals surface area contributed by atoms with Gasteiger partial charge in [-0.25, -0.2) is 0 Å². The van der Waals surface area contributed by atoms with E-state index in [9.17, 15) is 9.59 Å². The van der Waals surface area contributed by atoms with Crippen LogP contribution in [-0.2, 0) is 9.59 Å². The number of hydrogen-bond donors (Lipinski definition) is 2. The van der Waals surface area contributed by atoms with Crippen molar-refractivity contribution in [2.45, 2.75) is 50.6 Å². The van der Waals surface area contributed by atoms with E-state index >= 15 is 0 Å². The van der Waals surface area contributed by atoms with Gasteiger partial charge in [-0.1, -0.05) is 30.2 Å². The lowest BCUT2D eigenvalue weighted by Crippen LogP contribution is -2.54. The number of rotatable bonds is 3. The van der Waals surface area contributed by atoms with Gasteiger partial charge in [-0.05, 0) is 44.2 Å². The lowest BCUT2D eigenvalue weighted by molar-refractivity contribution is -0.131. The monoisotopic (exact) mass is 349 g/mol. The number of piperidine rings is 1. The standard InChI is InChI=1S/C18H24ClN3O2/c19-14-7-1-2-9-16(14)22-10-4-8-15(18(22)24)21-17(23)12-5-3-6-13(20)11-12/h1-2,7,9,12-13,15H,3-6,8,10-11,20H2,(H,21,23). The number of halogens is 1. The van der Waals surface area contributed by atoms with Gasteiger partial charge in [-0.15, -0.1) is 0 Å². The summed E-state index contributed by atoms with van der Waals surface area (Å²) >= 11 is 6.22. The number of benzene rings is 1. The van der Waals surface area contributed by atoms with Crippen LogP contribution in [0.4, 0.5) is 5.69 Å². The Morgan fingerprint density at radius 3 is 2.75 bits per heavy atom. The second-order valence-corrected chi connectivity index (χ2v) is 7.18. The van der Waals surface area contributed by atoms with Gasteiger partial charge in [0.1, 0.15) is 6.04 Å². The van der Waals surface area contributed by atoms with E-state index < -0.39 is 6.04 Å². The summed E-state index contributed by atoms with van der Waals surface area (Å²) in [5.41, 5.74) is 6.68. The molecule has 3 unspecified atom stereocenters. The van der Waals surface area contributed by atoms with Crippen LogP contribution >= 0.6 is 11.6 Å². The first-order valence-corrected chi connectivity index (χ1v) is 9.06. The number of anilines is 1. The van der Waals surface area contributed by atoms with Crippen LogP contribution in [0.3, 0.4) is 0 Å². The number of nitrogens with zero attached hydrogens (tertiary/aromatic N) is 1. The van der Waals surface area contributed by atoms with Gasteiger partial charge in [-0.2, -0.15) is 0 Å². The minimum atomic E-state index is -0.472. The summed E-state index contributed by atoms with van der Waals surface area (Å²) in [4.78, 5) is 27.0. The van der Waals surface area contributed by atoms with Crippen molar-refractivity contribution in [1.29, 1.82) is 0 Å². The molecule has 24 heavy (non-hydrogen) atoms. The second-order valence-electron chi connectivity index (χ2n) is 6.77. The van der Waals surface area contributed by atoms with Gasteiger partial charge in [0.05, 0.1) is 10.7 Å². The molecule has 2 amide bonds. The minimum absolute atomic E-state index is 0.0375. The maximum absolute atomic E-state index is 12.8. The predicted molar refractivity (Wildman–Crippen MR) is 94.9 cm³/mol. The Bertz CT molecular complexity index is 622. The van der Waals surface area contributed by atoms with E-state index in [0.717, 1.165) is 25.7 Å². The molecule has 1 aliphatic carbocycles. The molecule has 1 saturated carbocycles. The van der Waals surface area contributed by atoms with Gasteiger partial charge in [0.15, 0.2) is 0 Å². The molecule has 0 bridgehead atoms. The van der Waals surface area contributed by atoms with Crippen molar-refractivity contribution < 1.29 is 9.59 Å². The summed E-state index contributed by atoms with van der Waals surface area (Å²) in [6.45, 7) is 0.628. The molecule has 0 aromatic heterocycles. The topological polar surface area (TPSA) is 75.4 Å². The van der Waals surface area contributed by atoms with Gasteiger partial charge in [-0.3, -0.25) is 9.59 Å². The van der Waals surface area contributed by atoms with Crippen LogP contribution in [0, 0.1) is 5.92 Å². The average molecular weight is 350 g/mol. The van der Waals surface area contributed by atoms with Crippen molar-refractivity contribution in [1.82, 2.24) is 5.32 Å². The molecule has 130 valence electrons. The smallest absolute Gasteiger partial charge is 0.249 e. The third kappa shape index (κ3) is 3.73. The average Bonchev–Trinajstić information content (AvgIpc) is 2.57. The number of nitrogens with one attached hydrogen (secondary N) is 1. The third-order valence-corrected chi connectivity index (χ3v) is 5.30. The summed E-state index contributed by atoms with van der Waals surface area (Å²) in [6, 6.07) is 6.93. The van der Waals surface area contributed by atoms with Crippen molar-refractivity contribution >= 4 is 29.1 Å². The molecule has 1 heterocycles.